The summed E-state index contributed by atoms with van der Waals surface area (Å²) in [7, 11) is 0. The number of rotatable bonds is 7. The summed E-state index contributed by atoms with van der Waals surface area (Å²) in [5, 5.41) is 5.21. The maximum Gasteiger partial charge on any atom is 0.401 e. The van der Waals surface area contributed by atoms with E-state index in [-0.39, 0.29) is 12.6 Å². The summed E-state index contributed by atoms with van der Waals surface area (Å²) >= 11 is 0. The van der Waals surface area contributed by atoms with Crippen molar-refractivity contribution in [1.29, 1.82) is 0 Å². The zero-order chi connectivity index (χ0) is 13.6. The molecule has 8 heteroatoms. The van der Waals surface area contributed by atoms with Crippen LogP contribution in [0.3, 0.4) is 0 Å². The predicted octanol–water partition coefficient (Wildman–Crippen LogP) is -0.239. The van der Waals surface area contributed by atoms with E-state index in [0.29, 0.717) is 6.61 Å². The van der Waals surface area contributed by atoms with Crippen LogP contribution < -0.4 is 16.4 Å². The van der Waals surface area contributed by atoms with Crippen molar-refractivity contribution in [2.75, 3.05) is 26.3 Å². The first-order valence-corrected chi connectivity index (χ1v) is 5.79. The Hall–Kier alpha value is -0.860. The fraction of sp³-hybridized carbons (Fsp3) is 0.900. The fourth-order valence-electron chi connectivity index (χ4n) is 1.71. The topological polar surface area (TPSA) is 76.4 Å². The fourth-order valence-corrected chi connectivity index (χ4v) is 1.71. The smallest absolute Gasteiger partial charge is 0.378 e. The normalized spacial score (nSPS) is 22.1. The van der Waals surface area contributed by atoms with Gasteiger partial charge in [-0.05, 0) is 19.4 Å². The number of alkyl halides is 3. The second-order valence-electron chi connectivity index (χ2n) is 4.28. The molecule has 1 saturated heterocycles. The van der Waals surface area contributed by atoms with Crippen LogP contribution in [0.25, 0.3) is 0 Å². The molecule has 0 aliphatic carbocycles. The molecule has 1 heterocycles. The van der Waals surface area contributed by atoms with Crippen LogP contribution in [0.1, 0.15) is 12.8 Å². The van der Waals surface area contributed by atoms with Gasteiger partial charge in [-0.2, -0.15) is 13.2 Å². The van der Waals surface area contributed by atoms with E-state index in [1.54, 1.807) is 0 Å². The Labute approximate surface area is 103 Å². The quantitative estimate of drug-likeness (QED) is 0.596. The number of amides is 1. The Bertz CT molecular complexity index is 268. The van der Waals surface area contributed by atoms with Crippen LogP contribution >= 0.6 is 0 Å². The van der Waals surface area contributed by atoms with Gasteiger partial charge < -0.3 is 15.8 Å². The van der Waals surface area contributed by atoms with Crippen molar-refractivity contribution in [1.82, 2.24) is 10.6 Å². The largest absolute Gasteiger partial charge is 0.401 e. The summed E-state index contributed by atoms with van der Waals surface area (Å²) in [6, 6.07) is -0.908. The number of carbonyl (C=O) groups excluding carboxylic acids is 1. The van der Waals surface area contributed by atoms with Crippen LogP contribution in [0.15, 0.2) is 0 Å². The molecule has 1 aliphatic heterocycles. The van der Waals surface area contributed by atoms with Crippen LogP contribution in [0, 0.1) is 0 Å². The van der Waals surface area contributed by atoms with Gasteiger partial charge >= 0.3 is 6.18 Å². The minimum Gasteiger partial charge on any atom is -0.378 e. The second-order valence-corrected chi connectivity index (χ2v) is 4.28. The molecule has 0 spiro atoms. The van der Waals surface area contributed by atoms with Crippen LogP contribution in [-0.4, -0.2) is 50.5 Å². The molecule has 0 aromatic heterocycles. The number of ether oxygens (including phenoxy) is 1. The number of halogens is 3. The Kier molecular flexibility index (Phi) is 5.83. The van der Waals surface area contributed by atoms with Crippen molar-refractivity contribution in [2.24, 2.45) is 5.73 Å². The SMILES string of the molecule is NC(=O)C(COC[C@H]1CCCN1)NCC(F)(F)F. The van der Waals surface area contributed by atoms with Crippen molar-refractivity contribution in [3.8, 4) is 0 Å². The Balaban J connectivity index is 2.22. The predicted molar refractivity (Wildman–Crippen MR) is 58.9 cm³/mol. The number of nitrogens with one attached hydrogen (secondary N) is 2. The van der Waals surface area contributed by atoms with Gasteiger partial charge in [-0.3, -0.25) is 10.1 Å². The van der Waals surface area contributed by atoms with E-state index in [0.717, 1.165) is 19.4 Å². The van der Waals surface area contributed by atoms with Gasteiger partial charge in [0.1, 0.15) is 6.04 Å². The third-order valence-electron chi connectivity index (χ3n) is 2.66. The highest BCUT2D eigenvalue weighted by molar-refractivity contribution is 5.79. The van der Waals surface area contributed by atoms with Gasteiger partial charge in [0, 0.05) is 6.04 Å². The molecule has 4 N–H and O–H groups in total. The summed E-state index contributed by atoms with van der Waals surface area (Å²) < 4.78 is 41.2. The van der Waals surface area contributed by atoms with Gasteiger partial charge in [0.25, 0.3) is 0 Å². The molecule has 1 aliphatic rings. The van der Waals surface area contributed by atoms with Crippen LogP contribution in [0.5, 0.6) is 0 Å². The molecule has 2 atom stereocenters. The molecule has 18 heavy (non-hydrogen) atoms. The molecule has 1 amide bonds. The van der Waals surface area contributed by atoms with Crippen molar-refractivity contribution in [3.05, 3.63) is 0 Å². The van der Waals surface area contributed by atoms with Crippen molar-refractivity contribution in [2.45, 2.75) is 31.1 Å². The third kappa shape index (κ3) is 6.18. The van der Waals surface area contributed by atoms with E-state index in [9.17, 15) is 18.0 Å². The van der Waals surface area contributed by atoms with Crippen molar-refractivity contribution < 1.29 is 22.7 Å². The minimum absolute atomic E-state index is 0.149. The van der Waals surface area contributed by atoms with Crippen LogP contribution in [0.2, 0.25) is 0 Å². The lowest BCUT2D eigenvalue weighted by Gasteiger charge is -2.18. The molecular weight excluding hydrogens is 251 g/mol. The van der Waals surface area contributed by atoms with Crippen LogP contribution in [-0.2, 0) is 9.53 Å². The number of primary amides is 1. The standard InChI is InChI=1S/C10H18F3N3O2/c11-10(12,13)6-16-8(9(14)17)5-18-4-7-2-1-3-15-7/h7-8,15-16H,1-6H2,(H2,14,17)/t7-,8?/m1/s1. The first kappa shape index (κ1) is 15.2. The summed E-state index contributed by atoms with van der Waals surface area (Å²) in [6.45, 7) is -0.119. The Morgan fingerprint density at radius 1 is 1.56 bits per heavy atom. The molecule has 0 radical (unpaired) electrons. The zero-order valence-corrected chi connectivity index (χ0v) is 9.93. The molecule has 106 valence electrons. The number of hydrogen-bond acceptors (Lipinski definition) is 4. The molecule has 1 rings (SSSR count). The highest BCUT2D eigenvalue weighted by Gasteiger charge is 2.29. The number of carbonyl (C=O) groups is 1. The van der Waals surface area contributed by atoms with E-state index in [1.807, 2.05) is 5.32 Å². The lowest BCUT2D eigenvalue weighted by Crippen LogP contribution is -2.48. The summed E-state index contributed by atoms with van der Waals surface area (Å²) in [6.07, 6.45) is -2.35. The highest BCUT2D eigenvalue weighted by atomic mass is 19.4. The monoisotopic (exact) mass is 269 g/mol. The number of nitrogens with two attached hydrogens (primary N) is 1. The van der Waals surface area contributed by atoms with Gasteiger partial charge in [-0.25, -0.2) is 0 Å². The highest BCUT2D eigenvalue weighted by Crippen LogP contribution is 2.12. The van der Waals surface area contributed by atoms with E-state index >= 15 is 0 Å². The van der Waals surface area contributed by atoms with E-state index < -0.39 is 24.7 Å². The lowest BCUT2D eigenvalue weighted by atomic mass is 10.2. The summed E-state index contributed by atoms with van der Waals surface area (Å²) in [5.41, 5.74) is 5.00. The Morgan fingerprint density at radius 2 is 2.28 bits per heavy atom. The lowest BCUT2D eigenvalue weighted by molar-refractivity contribution is -0.132. The van der Waals surface area contributed by atoms with E-state index in [4.69, 9.17) is 10.5 Å². The van der Waals surface area contributed by atoms with Crippen LogP contribution in [0.4, 0.5) is 13.2 Å². The third-order valence-corrected chi connectivity index (χ3v) is 2.66. The molecule has 5 nitrogen and oxygen atoms in total. The molecular formula is C10H18F3N3O2. The Morgan fingerprint density at radius 3 is 2.78 bits per heavy atom. The molecule has 1 unspecified atom stereocenters. The first-order valence-electron chi connectivity index (χ1n) is 5.79. The minimum atomic E-state index is -4.37. The van der Waals surface area contributed by atoms with E-state index in [2.05, 4.69) is 5.32 Å². The number of hydrogen-bond donors (Lipinski definition) is 3. The molecule has 0 aromatic carbocycles. The average Bonchev–Trinajstić information content (AvgIpc) is 2.73. The molecule has 0 saturated carbocycles. The average molecular weight is 269 g/mol. The summed E-state index contributed by atoms with van der Waals surface area (Å²) in [4.78, 5) is 10.9. The van der Waals surface area contributed by atoms with Crippen molar-refractivity contribution >= 4 is 5.91 Å². The van der Waals surface area contributed by atoms with Gasteiger partial charge in [0.15, 0.2) is 0 Å². The first-order chi connectivity index (χ1) is 8.38. The maximum atomic E-state index is 12.0. The molecule has 0 bridgehead atoms. The summed E-state index contributed by atoms with van der Waals surface area (Å²) in [5.74, 6) is -0.848. The second kappa shape index (κ2) is 6.91. The van der Waals surface area contributed by atoms with Gasteiger partial charge in [-0.15, -0.1) is 0 Å². The zero-order valence-electron chi connectivity index (χ0n) is 9.93. The van der Waals surface area contributed by atoms with Gasteiger partial charge in [0.2, 0.25) is 5.91 Å². The van der Waals surface area contributed by atoms with Gasteiger partial charge in [-0.1, -0.05) is 0 Å². The molecule has 1 fully saturated rings. The van der Waals surface area contributed by atoms with E-state index in [1.165, 1.54) is 0 Å². The maximum absolute atomic E-state index is 12.0. The van der Waals surface area contributed by atoms with Crippen molar-refractivity contribution in [3.63, 3.8) is 0 Å². The molecule has 0 aromatic rings. The van der Waals surface area contributed by atoms with Gasteiger partial charge in [0.05, 0.1) is 19.8 Å².